The van der Waals surface area contributed by atoms with Gasteiger partial charge in [0.25, 0.3) is 0 Å². The first kappa shape index (κ1) is 17.3. The van der Waals surface area contributed by atoms with Gasteiger partial charge in [-0.15, -0.1) is 0 Å². The number of nitrogens with one attached hydrogen (secondary N) is 1. The van der Waals surface area contributed by atoms with Crippen molar-refractivity contribution in [1.29, 1.82) is 0 Å². The number of anilines is 1. The third kappa shape index (κ3) is 3.30. The standard InChI is InChI=1S/C18H16N2O6/c1-24-14-6-4-3-5-12(14)19-16(21)10-20-13-8-7-11(17(22)25-2)9-15(13)26-18(20)23/h3-9H,10H2,1-2H3,(H,19,21). The second kappa shape index (κ2) is 7.14. The second-order valence-corrected chi connectivity index (χ2v) is 5.38. The van der Waals surface area contributed by atoms with E-state index in [1.54, 1.807) is 24.3 Å². The van der Waals surface area contributed by atoms with E-state index in [0.29, 0.717) is 17.0 Å². The Bertz CT molecular complexity index is 1030. The molecule has 1 heterocycles. The van der Waals surface area contributed by atoms with Gasteiger partial charge < -0.3 is 19.2 Å². The highest BCUT2D eigenvalue weighted by atomic mass is 16.5. The summed E-state index contributed by atoms with van der Waals surface area (Å²) in [6.45, 7) is -0.249. The van der Waals surface area contributed by atoms with Crippen LogP contribution in [0, 0.1) is 0 Å². The van der Waals surface area contributed by atoms with Crippen molar-refractivity contribution in [2.75, 3.05) is 19.5 Å². The molecular weight excluding hydrogens is 340 g/mol. The Kier molecular flexibility index (Phi) is 4.74. The van der Waals surface area contributed by atoms with Gasteiger partial charge in [0.05, 0.1) is 31.0 Å². The lowest BCUT2D eigenvalue weighted by Crippen LogP contribution is -2.24. The van der Waals surface area contributed by atoms with E-state index in [9.17, 15) is 14.4 Å². The van der Waals surface area contributed by atoms with E-state index in [4.69, 9.17) is 9.15 Å². The first-order chi connectivity index (χ1) is 12.5. The number of aromatic nitrogens is 1. The van der Waals surface area contributed by atoms with Crippen LogP contribution in [0.25, 0.3) is 11.1 Å². The van der Waals surface area contributed by atoms with E-state index in [0.717, 1.165) is 0 Å². The minimum atomic E-state index is -0.697. The third-order valence-electron chi connectivity index (χ3n) is 3.77. The van der Waals surface area contributed by atoms with Crippen molar-refractivity contribution in [3.63, 3.8) is 0 Å². The zero-order chi connectivity index (χ0) is 18.7. The zero-order valence-electron chi connectivity index (χ0n) is 14.1. The van der Waals surface area contributed by atoms with Gasteiger partial charge in [-0.1, -0.05) is 12.1 Å². The van der Waals surface area contributed by atoms with Crippen molar-refractivity contribution in [3.05, 3.63) is 58.6 Å². The molecule has 26 heavy (non-hydrogen) atoms. The summed E-state index contributed by atoms with van der Waals surface area (Å²) < 4.78 is 16.1. The Morgan fingerprint density at radius 1 is 1.15 bits per heavy atom. The number of methoxy groups -OCH3 is 2. The topological polar surface area (TPSA) is 99.8 Å². The van der Waals surface area contributed by atoms with Crippen LogP contribution in [0.2, 0.25) is 0 Å². The lowest BCUT2D eigenvalue weighted by molar-refractivity contribution is -0.116. The van der Waals surface area contributed by atoms with Crippen molar-refractivity contribution in [3.8, 4) is 5.75 Å². The minimum absolute atomic E-state index is 0.197. The Labute approximate surface area is 147 Å². The van der Waals surface area contributed by atoms with Crippen LogP contribution in [0.5, 0.6) is 5.75 Å². The highest BCUT2D eigenvalue weighted by Gasteiger charge is 2.16. The molecule has 0 spiro atoms. The number of benzene rings is 2. The molecule has 0 saturated carbocycles. The summed E-state index contributed by atoms with van der Waals surface area (Å²) in [6.07, 6.45) is 0. The zero-order valence-corrected chi connectivity index (χ0v) is 14.1. The van der Waals surface area contributed by atoms with Gasteiger partial charge in [0.2, 0.25) is 5.91 Å². The number of hydrogen-bond acceptors (Lipinski definition) is 6. The van der Waals surface area contributed by atoms with E-state index in [2.05, 4.69) is 10.1 Å². The maximum Gasteiger partial charge on any atom is 0.420 e. The second-order valence-electron chi connectivity index (χ2n) is 5.38. The van der Waals surface area contributed by atoms with Gasteiger partial charge >= 0.3 is 11.7 Å². The molecule has 0 bridgehead atoms. The molecule has 0 atom stereocenters. The highest BCUT2D eigenvalue weighted by molar-refractivity contribution is 5.94. The molecule has 8 nitrogen and oxygen atoms in total. The van der Waals surface area contributed by atoms with Gasteiger partial charge in [0.15, 0.2) is 5.58 Å². The molecule has 1 aromatic heterocycles. The van der Waals surface area contributed by atoms with Crippen molar-refractivity contribution >= 4 is 28.7 Å². The largest absolute Gasteiger partial charge is 0.495 e. The number of carbonyl (C=O) groups is 2. The molecule has 0 unspecified atom stereocenters. The number of esters is 1. The smallest absolute Gasteiger partial charge is 0.420 e. The van der Waals surface area contributed by atoms with Gasteiger partial charge in [-0.05, 0) is 30.3 Å². The average molecular weight is 356 g/mol. The predicted molar refractivity (Wildman–Crippen MR) is 93.4 cm³/mol. The van der Waals surface area contributed by atoms with Gasteiger partial charge in [-0.3, -0.25) is 9.36 Å². The van der Waals surface area contributed by atoms with E-state index in [-0.39, 0.29) is 17.7 Å². The molecule has 8 heteroatoms. The number of carbonyl (C=O) groups excluding carboxylic acids is 2. The normalized spacial score (nSPS) is 10.5. The van der Waals surface area contributed by atoms with E-state index >= 15 is 0 Å². The van der Waals surface area contributed by atoms with Crippen molar-refractivity contribution in [1.82, 2.24) is 4.57 Å². The molecule has 0 aliphatic rings. The first-order valence-electron chi connectivity index (χ1n) is 7.68. The molecule has 3 aromatic rings. The Morgan fingerprint density at radius 3 is 2.65 bits per heavy atom. The number of ether oxygens (including phenoxy) is 2. The fraction of sp³-hybridized carbons (Fsp3) is 0.167. The number of para-hydroxylation sites is 2. The summed E-state index contributed by atoms with van der Waals surface area (Å²) in [5, 5.41) is 2.69. The van der Waals surface area contributed by atoms with Crippen molar-refractivity contribution < 1.29 is 23.5 Å². The summed E-state index contributed by atoms with van der Waals surface area (Å²) in [4.78, 5) is 36.0. The third-order valence-corrected chi connectivity index (χ3v) is 3.77. The first-order valence-corrected chi connectivity index (χ1v) is 7.68. The molecular formula is C18H16N2O6. The molecule has 0 aliphatic heterocycles. The summed E-state index contributed by atoms with van der Waals surface area (Å²) in [6, 6.07) is 11.4. The number of nitrogens with zero attached hydrogens (tertiary/aromatic N) is 1. The van der Waals surface area contributed by atoms with Crippen LogP contribution in [0.4, 0.5) is 5.69 Å². The van der Waals surface area contributed by atoms with Gasteiger partial charge in [0, 0.05) is 0 Å². The molecule has 1 amide bonds. The number of fused-ring (bicyclic) bond motifs is 1. The minimum Gasteiger partial charge on any atom is -0.495 e. The van der Waals surface area contributed by atoms with E-state index in [1.165, 1.54) is 37.0 Å². The van der Waals surface area contributed by atoms with Crippen LogP contribution in [0.3, 0.4) is 0 Å². The van der Waals surface area contributed by atoms with Gasteiger partial charge in [-0.25, -0.2) is 9.59 Å². The molecule has 134 valence electrons. The van der Waals surface area contributed by atoms with Crippen molar-refractivity contribution in [2.45, 2.75) is 6.54 Å². The molecule has 2 aromatic carbocycles. The van der Waals surface area contributed by atoms with Crippen LogP contribution < -0.4 is 15.8 Å². The summed E-state index contributed by atoms with van der Waals surface area (Å²) in [5.41, 5.74) is 1.34. The fourth-order valence-electron chi connectivity index (χ4n) is 2.54. The molecule has 0 radical (unpaired) electrons. The number of amides is 1. The Balaban J connectivity index is 1.86. The maximum atomic E-state index is 12.3. The summed E-state index contributed by atoms with van der Waals surface area (Å²) in [7, 11) is 2.76. The average Bonchev–Trinajstić information content (AvgIpc) is 2.96. The Hall–Kier alpha value is -3.55. The van der Waals surface area contributed by atoms with Crippen LogP contribution >= 0.6 is 0 Å². The molecule has 0 saturated heterocycles. The van der Waals surface area contributed by atoms with Gasteiger partial charge in [-0.2, -0.15) is 0 Å². The summed E-state index contributed by atoms with van der Waals surface area (Å²) >= 11 is 0. The SMILES string of the molecule is COC(=O)c1ccc2c(c1)oc(=O)n2CC(=O)Nc1ccccc1OC. The number of rotatable bonds is 5. The predicted octanol–water partition coefficient (Wildman–Crippen LogP) is 2.03. The maximum absolute atomic E-state index is 12.3. The molecule has 0 aliphatic carbocycles. The van der Waals surface area contributed by atoms with Gasteiger partial charge in [0.1, 0.15) is 12.3 Å². The monoisotopic (exact) mass is 356 g/mol. The van der Waals surface area contributed by atoms with E-state index < -0.39 is 17.6 Å². The summed E-state index contributed by atoms with van der Waals surface area (Å²) in [5.74, 6) is -1.15. The van der Waals surface area contributed by atoms with Crippen LogP contribution in [-0.4, -0.2) is 30.7 Å². The van der Waals surface area contributed by atoms with Crippen LogP contribution in [0.1, 0.15) is 10.4 Å². The van der Waals surface area contributed by atoms with E-state index in [1.807, 2.05) is 0 Å². The fourth-order valence-corrected chi connectivity index (χ4v) is 2.54. The number of oxazole rings is 1. The number of hydrogen-bond donors (Lipinski definition) is 1. The Morgan fingerprint density at radius 2 is 1.92 bits per heavy atom. The lowest BCUT2D eigenvalue weighted by atomic mass is 10.2. The quantitative estimate of drug-likeness (QED) is 0.702. The molecule has 0 fully saturated rings. The molecule has 1 N–H and O–H groups in total. The highest BCUT2D eigenvalue weighted by Crippen LogP contribution is 2.23. The lowest BCUT2D eigenvalue weighted by Gasteiger charge is -2.09. The molecule has 3 rings (SSSR count). The van der Waals surface area contributed by atoms with Crippen LogP contribution in [-0.2, 0) is 16.1 Å². The van der Waals surface area contributed by atoms with Crippen molar-refractivity contribution in [2.24, 2.45) is 0 Å². The van der Waals surface area contributed by atoms with Crippen LogP contribution in [0.15, 0.2) is 51.7 Å².